The molecule has 0 radical (unpaired) electrons. The van der Waals surface area contributed by atoms with Gasteiger partial charge in [-0.25, -0.2) is 9.50 Å². The second-order valence-corrected chi connectivity index (χ2v) is 11.0. The molecule has 188 valence electrons. The van der Waals surface area contributed by atoms with Crippen molar-refractivity contribution < 1.29 is 27.4 Å². The summed E-state index contributed by atoms with van der Waals surface area (Å²) in [5, 5.41) is 7.01. The number of amides is 1. The lowest BCUT2D eigenvalue weighted by molar-refractivity contribution is -0.142. The third-order valence-electron chi connectivity index (χ3n) is 8.41. The normalized spacial score (nSPS) is 28.1. The van der Waals surface area contributed by atoms with E-state index >= 15 is 0 Å². The van der Waals surface area contributed by atoms with E-state index in [1.165, 1.54) is 25.3 Å². The van der Waals surface area contributed by atoms with Crippen LogP contribution >= 0.6 is 0 Å². The van der Waals surface area contributed by atoms with Crippen molar-refractivity contribution >= 4 is 11.6 Å². The van der Waals surface area contributed by atoms with E-state index in [1.54, 1.807) is 18.2 Å². The smallest absolute Gasteiger partial charge is 0.433 e. The minimum absolute atomic E-state index is 0.0440. The van der Waals surface area contributed by atoms with Crippen LogP contribution in [0.2, 0.25) is 0 Å². The van der Waals surface area contributed by atoms with Crippen molar-refractivity contribution in [3.63, 3.8) is 0 Å². The van der Waals surface area contributed by atoms with Gasteiger partial charge in [0, 0.05) is 18.2 Å². The fourth-order valence-corrected chi connectivity index (χ4v) is 7.36. The topological polar surface area (TPSA) is 77.8 Å². The SMILES string of the molecule is O=C(NCC12CC3CC(CC(C3)C1)C2)c1cc2nc(-c3ccc4c(c3)OCO4)cc(C(F)(F)F)n2n1. The quantitative estimate of drug-likeness (QED) is 0.542. The van der Waals surface area contributed by atoms with Crippen LogP contribution in [0.4, 0.5) is 13.2 Å². The van der Waals surface area contributed by atoms with Crippen LogP contribution in [0.3, 0.4) is 0 Å². The number of benzene rings is 1. The molecule has 4 bridgehead atoms. The molecule has 7 nitrogen and oxygen atoms in total. The maximum Gasteiger partial charge on any atom is 0.433 e. The van der Waals surface area contributed by atoms with E-state index in [9.17, 15) is 18.0 Å². The van der Waals surface area contributed by atoms with Crippen LogP contribution < -0.4 is 14.8 Å². The Hall–Kier alpha value is -3.30. The average Bonchev–Trinajstić information content (AvgIpc) is 3.47. The van der Waals surface area contributed by atoms with Gasteiger partial charge >= 0.3 is 6.18 Å². The fourth-order valence-electron chi connectivity index (χ4n) is 7.36. The van der Waals surface area contributed by atoms with E-state index < -0.39 is 17.8 Å². The number of rotatable bonds is 4. The Kier molecular flexibility index (Phi) is 4.63. The molecule has 3 heterocycles. The van der Waals surface area contributed by atoms with E-state index in [2.05, 4.69) is 15.4 Å². The number of halogens is 3. The fraction of sp³-hybridized carbons (Fsp3) is 0.500. The maximum absolute atomic E-state index is 14.0. The molecule has 1 aliphatic heterocycles. The van der Waals surface area contributed by atoms with Crippen molar-refractivity contribution in [3.05, 3.63) is 41.7 Å². The van der Waals surface area contributed by atoms with Crippen LogP contribution in [0, 0.1) is 23.2 Å². The number of hydrogen-bond donors (Lipinski definition) is 1. The molecule has 0 unspecified atom stereocenters. The van der Waals surface area contributed by atoms with Crippen molar-refractivity contribution in [2.75, 3.05) is 13.3 Å². The Bertz CT molecular complexity index is 1350. The van der Waals surface area contributed by atoms with Crippen LogP contribution in [-0.2, 0) is 6.18 Å². The van der Waals surface area contributed by atoms with Gasteiger partial charge in [0.05, 0.1) is 5.69 Å². The highest BCUT2D eigenvalue weighted by atomic mass is 19.4. The first kappa shape index (κ1) is 21.9. The molecule has 0 atom stereocenters. The number of hydrogen-bond acceptors (Lipinski definition) is 5. The number of fused-ring (bicyclic) bond motifs is 2. The molecule has 4 fully saturated rings. The molecule has 1 N–H and O–H groups in total. The summed E-state index contributed by atoms with van der Waals surface area (Å²) in [7, 11) is 0. The van der Waals surface area contributed by atoms with Crippen molar-refractivity contribution in [1.82, 2.24) is 19.9 Å². The molecule has 36 heavy (non-hydrogen) atoms. The molecule has 10 heteroatoms. The summed E-state index contributed by atoms with van der Waals surface area (Å²) in [6.07, 6.45) is 2.60. The lowest BCUT2D eigenvalue weighted by atomic mass is 9.49. The zero-order valence-corrected chi connectivity index (χ0v) is 19.5. The van der Waals surface area contributed by atoms with Gasteiger partial charge in [-0.05, 0) is 86.0 Å². The highest BCUT2D eigenvalue weighted by Crippen LogP contribution is 2.59. The number of carbonyl (C=O) groups excluding carboxylic acids is 1. The van der Waals surface area contributed by atoms with Crippen LogP contribution in [0.5, 0.6) is 11.5 Å². The van der Waals surface area contributed by atoms with E-state index in [0.717, 1.165) is 43.1 Å². The Labute approximate surface area is 205 Å². The van der Waals surface area contributed by atoms with E-state index in [-0.39, 0.29) is 29.2 Å². The summed E-state index contributed by atoms with van der Waals surface area (Å²) in [5.41, 5.74) is -0.445. The molecule has 4 aliphatic carbocycles. The molecule has 8 rings (SSSR count). The Morgan fingerprint density at radius 1 is 1.03 bits per heavy atom. The largest absolute Gasteiger partial charge is 0.454 e. The van der Waals surface area contributed by atoms with Gasteiger partial charge in [-0.3, -0.25) is 4.79 Å². The summed E-state index contributed by atoms with van der Waals surface area (Å²) in [5.74, 6) is 2.75. The van der Waals surface area contributed by atoms with E-state index in [1.807, 2.05) is 0 Å². The van der Waals surface area contributed by atoms with Gasteiger partial charge in [-0.15, -0.1) is 0 Å². The maximum atomic E-state index is 14.0. The van der Waals surface area contributed by atoms with Gasteiger partial charge in [0.2, 0.25) is 6.79 Å². The first-order chi connectivity index (χ1) is 17.2. The first-order valence-electron chi connectivity index (χ1n) is 12.4. The Morgan fingerprint density at radius 2 is 1.72 bits per heavy atom. The summed E-state index contributed by atoms with van der Waals surface area (Å²) in [6.45, 7) is 0.606. The van der Waals surface area contributed by atoms with Crippen molar-refractivity contribution in [2.24, 2.45) is 23.2 Å². The van der Waals surface area contributed by atoms with Crippen molar-refractivity contribution in [2.45, 2.75) is 44.7 Å². The molecule has 3 aromatic rings. The summed E-state index contributed by atoms with van der Waals surface area (Å²) in [4.78, 5) is 17.4. The predicted octanol–water partition coefficient (Wildman–Crippen LogP) is 5.09. The highest BCUT2D eigenvalue weighted by molar-refractivity contribution is 5.93. The minimum atomic E-state index is -4.69. The molecule has 2 aromatic heterocycles. The highest BCUT2D eigenvalue weighted by Gasteiger charge is 2.50. The average molecular weight is 499 g/mol. The molecule has 4 saturated carbocycles. The minimum Gasteiger partial charge on any atom is -0.454 e. The van der Waals surface area contributed by atoms with Gasteiger partial charge < -0.3 is 14.8 Å². The van der Waals surface area contributed by atoms with Gasteiger partial charge in [0.15, 0.2) is 28.5 Å². The second-order valence-electron chi connectivity index (χ2n) is 11.0. The first-order valence-corrected chi connectivity index (χ1v) is 12.4. The molecule has 5 aliphatic rings. The third kappa shape index (κ3) is 3.60. The third-order valence-corrected chi connectivity index (χ3v) is 8.41. The predicted molar refractivity (Wildman–Crippen MR) is 122 cm³/mol. The van der Waals surface area contributed by atoms with Crippen molar-refractivity contribution in [3.8, 4) is 22.8 Å². The summed E-state index contributed by atoms with van der Waals surface area (Å²) < 4.78 is 53.3. The Morgan fingerprint density at radius 3 is 2.42 bits per heavy atom. The standard InChI is InChI=1S/C26H25F3N4O3/c27-26(28,29)22-7-18(17-1-2-20-21(6-17)36-13-35-20)31-23-8-19(32-33(22)23)24(34)30-12-25-9-14-3-15(10-25)5-16(4-14)11-25/h1-2,6-8,14-16H,3-5,9-13H2,(H,30,34). The molecular weight excluding hydrogens is 473 g/mol. The van der Waals surface area contributed by atoms with Gasteiger partial charge in [-0.1, -0.05) is 0 Å². The number of nitrogens with zero attached hydrogens (tertiary/aromatic N) is 3. The van der Waals surface area contributed by atoms with Gasteiger partial charge in [0.1, 0.15) is 0 Å². The number of ether oxygens (including phenoxy) is 2. The molecular formula is C26H25F3N4O3. The number of aromatic nitrogens is 3. The van der Waals surface area contributed by atoms with Crippen LogP contribution in [0.1, 0.15) is 54.7 Å². The lowest BCUT2D eigenvalue weighted by Crippen LogP contribution is -2.51. The van der Waals surface area contributed by atoms with E-state index in [4.69, 9.17) is 9.47 Å². The molecule has 1 aromatic carbocycles. The van der Waals surface area contributed by atoms with Crippen LogP contribution in [-0.4, -0.2) is 33.8 Å². The monoisotopic (exact) mass is 498 g/mol. The second kappa shape index (κ2) is 7.60. The van der Waals surface area contributed by atoms with Gasteiger partial charge in [-0.2, -0.15) is 18.3 Å². The zero-order chi connectivity index (χ0) is 24.7. The molecule has 0 spiro atoms. The summed E-state index contributed by atoms with van der Waals surface area (Å²) >= 11 is 0. The zero-order valence-electron chi connectivity index (χ0n) is 19.5. The lowest BCUT2D eigenvalue weighted by Gasteiger charge is -2.56. The van der Waals surface area contributed by atoms with E-state index in [0.29, 0.717) is 28.1 Å². The van der Waals surface area contributed by atoms with Crippen LogP contribution in [0.15, 0.2) is 30.3 Å². The number of alkyl halides is 3. The van der Waals surface area contributed by atoms with Crippen LogP contribution in [0.25, 0.3) is 16.9 Å². The molecule has 0 saturated heterocycles. The van der Waals surface area contributed by atoms with Gasteiger partial charge in [0.25, 0.3) is 5.91 Å². The van der Waals surface area contributed by atoms with Crippen molar-refractivity contribution in [1.29, 1.82) is 0 Å². The molecule has 1 amide bonds. The number of nitrogens with one attached hydrogen (secondary N) is 1. The number of carbonyl (C=O) groups is 1. The Balaban J connectivity index is 1.19. The summed E-state index contributed by atoms with van der Waals surface area (Å²) in [6, 6.07) is 7.12.